The van der Waals surface area contributed by atoms with Crippen molar-refractivity contribution in [2.75, 3.05) is 6.61 Å². The monoisotopic (exact) mass is 164 g/mol. The molecule has 10 heavy (non-hydrogen) atoms. The molecule has 0 aliphatic heterocycles. The van der Waals surface area contributed by atoms with E-state index in [1.165, 1.54) is 0 Å². The fraction of sp³-hybridized carbons (Fsp3) is 0.833. The van der Waals surface area contributed by atoms with Crippen LogP contribution >= 0.6 is 0 Å². The second-order valence-corrected chi connectivity index (χ2v) is 1.91. The van der Waals surface area contributed by atoms with Crippen LogP contribution < -0.4 is 0 Å². The average Bonchev–Trinajstić information content (AvgIpc) is 1.93. The van der Waals surface area contributed by atoms with Crippen molar-refractivity contribution in [2.24, 2.45) is 5.92 Å². The highest BCUT2D eigenvalue weighted by atomic mass is 32.1. The van der Waals surface area contributed by atoms with Crippen molar-refractivity contribution < 1.29 is 13.7 Å². The second kappa shape index (κ2) is 8.49. The van der Waals surface area contributed by atoms with Gasteiger partial charge in [-0.15, -0.1) is 0 Å². The minimum absolute atomic E-state index is 0.00921. The van der Waals surface area contributed by atoms with Crippen LogP contribution in [-0.2, 0) is 22.1 Å². The third kappa shape index (κ3) is 7.49. The van der Waals surface area contributed by atoms with E-state index in [-0.39, 0.29) is 11.9 Å². The van der Waals surface area contributed by atoms with E-state index in [0.29, 0.717) is 6.61 Å². The van der Waals surface area contributed by atoms with Crippen molar-refractivity contribution in [3.05, 3.63) is 0 Å². The molecule has 0 atom stereocenters. The van der Waals surface area contributed by atoms with E-state index < -0.39 is 0 Å². The summed E-state index contributed by atoms with van der Waals surface area (Å²) in [6.45, 7) is 5.92. The van der Waals surface area contributed by atoms with Crippen molar-refractivity contribution in [3.63, 3.8) is 0 Å². The highest BCUT2D eigenvalue weighted by molar-refractivity contribution is 7.44. The average molecular weight is 164 g/mol. The molecule has 0 fully saturated rings. The van der Waals surface area contributed by atoms with Gasteiger partial charge in [-0.3, -0.25) is 4.79 Å². The zero-order valence-electron chi connectivity index (χ0n) is 6.42. The van der Waals surface area contributed by atoms with Crippen LogP contribution in [0.3, 0.4) is 0 Å². The van der Waals surface area contributed by atoms with E-state index in [9.17, 15) is 4.79 Å². The number of esters is 1. The normalized spacial score (nSPS) is 8.00. The van der Waals surface area contributed by atoms with Gasteiger partial charge in [0.25, 0.3) is 0 Å². The Labute approximate surface area is 66.3 Å². The summed E-state index contributed by atoms with van der Waals surface area (Å²) in [5, 5.41) is 0. The van der Waals surface area contributed by atoms with Gasteiger partial charge < -0.3 is 4.74 Å². The molecule has 0 unspecified atom stereocenters. The molecule has 0 saturated carbocycles. The minimum atomic E-state index is -0.118. The van der Waals surface area contributed by atoms with E-state index in [0.717, 1.165) is 0 Å². The second-order valence-electron chi connectivity index (χ2n) is 1.91. The molecule has 3 nitrogen and oxygen atoms in total. The number of hydrogen-bond donors (Lipinski definition) is 0. The molecule has 0 saturated heterocycles. The summed E-state index contributed by atoms with van der Waals surface area (Å²) in [5.74, 6) is -0.109. The first-order valence-corrected chi connectivity index (χ1v) is 3.35. The molecule has 0 spiro atoms. The van der Waals surface area contributed by atoms with Crippen molar-refractivity contribution in [2.45, 2.75) is 20.8 Å². The zero-order chi connectivity index (χ0) is 8.57. The van der Waals surface area contributed by atoms with Gasteiger partial charge in [0, 0.05) is 0 Å². The molecule has 4 heteroatoms. The predicted molar refractivity (Wildman–Crippen MR) is 39.6 cm³/mol. The van der Waals surface area contributed by atoms with Crippen LogP contribution in [0.4, 0.5) is 0 Å². The van der Waals surface area contributed by atoms with Crippen LogP contribution in [0.25, 0.3) is 0 Å². The molecule has 0 aromatic rings. The summed E-state index contributed by atoms with van der Waals surface area (Å²) >= 11 is 2.83. The van der Waals surface area contributed by atoms with Gasteiger partial charge in [-0.05, 0) is 6.92 Å². The molecule has 0 amide bonds. The smallest absolute Gasteiger partial charge is 0.308 e. The number of rotatable bonds is 2. The molecule has 0 aromatic carbocycles. The van der Waals surface area contributed by atoms with E-state index >= 15 is 0 Å². The first-order chi connectivity index (χ1) is 4.68. The maximum absolute atomic E-state index is 10.5. The number of carbonyl (C=O) groups is 1. The van der Waals surface area contributed by atoms with Crippen LogP contribution in [0.15, 0.2) is 0 Å². The maximum atomic E-state index is 10.5. The van der Waals surface area contributed by atoms with Gasteiger partial charge >= 0.3 is 5.97 Å². The molecule has 0 N–H and O–H groups in total. The molecule has 0 aromatic heterocycles. The maximum Gasteiger partial charge on any atom is 0.308 e. The molecule has 0 aliphatic rings. The van der Waals surface area contributed by atoms with E-state index in [4.69, 9.17) is 4.21 Å². The van der Waals surface area contributed by atoms with Crippen LogP contribution in [0.2, 0.25) is 0 Å². The lowest BCUT2D eigenvalue weighted by Crippen LogP contribution is -2.10. The number of ether oxygens (including phenoxy) is 1. The molecular formula is C6H12O3S. The fourth-order valence-electron chi connectivity index (χ4n) is 0.309. The lowest BCUT2D eigenvalue weighted by Gasteiger charge is -2.01. The molecule has 0 heterocycles. The summed E-state index contributed by atoms with van der Waals surface area (Å²) < 4.78 is 12.5. The number of carbonyl (C=O) groups excluding carboxylic acids is 1. The van der Waals surface area contributed by atoms with E-state index in [2.05, 4.69) is 17.3 Å². The van der Waals surface area contributed by atoms with Gasteiger partial charge in [-0.2, -0.15) is 4.21 Å². The molecule has 60 valence electrons. The van der Waals surface area contributed by atoms with Gasteiger partial charge in [-0.1, -0.05) is 13.8 Å². The lowest BCUT2D eigenvalue weighted by molar-refractivity contribution is -0.146. The third-order valence-electron chi connectivity index (χ3n) is 0.758. The lowest BCUT2D eigenvalue weighted by atomic mass is 10.2. The van der Waals surface area contributed by atoms with Gasteiger partial charge in [0.2, 0.25) is 0 Å². The fourth-order valence-corrected chi connectivity index (χ4v) is 0.309. The van der Waals surface area contributed by atoms with Crippen molar-refractivity contribution >= 4 is 18.5 Å². The Morgan fingerprint density at radius 2 is 1.90 bits per heavy atom. The van der Waals surface area contributed by atoms with E-state index in [1.807, 2.05) is 13.8 Å². The molecule has 0 rings (SSSR count). The minimum Gasteiger partial charge on any atom is -0.466 e. The summed E-state index contributed by atoms with van der Waals surface area (Å²) in [5.41, 5.74) is 0. The Morgan fingerprint density at radius 1 is 1.50 bits per heavy atom. The first-order valence-electron chi connectivity index (χ1n) is 3.01. The molecule has 0 aliphatic carbocycles. The molecule has 0 radical (unpaired) electrons. The van der Waals surface area contributed by atoms with Crippen LogP contribution in [0.5, 0.6) is 0 Å². The summed E-state index contributed by atoms with van der Waals surface area (Å²) in [6, 6.07) is 0. The van der Waals surface area contributed by atoms with Gasteiger partial charge in [0.15, 0.2) is 12.5 Å². The summed E-state index contributed by atoms with van der Waals surface area (Å²) in [4.78, 5) is 10.5. The zero-order valence-corrected chi connectivity index (χ0v) is 7.23. The van der Waals surface area contributed by atoms with Gasteiger partial charge in [0.1, 0.15) is 0 Å². The standard InChI is InChI=1S/C6H12O2.OS/c1-4-8-6(7)5(2)3;1-2/h5H,4H2,1-3H3;. The Hall–Kier alpha value is -0.510. The Kier molecular flexibility index (Phi) is 10.4. The highest BCUT2D eigenvalue weighted by Crippen LogP contribution is 1.93. The first kappa shape index (κ1) is 12.2. The van der Waals surface area contributed by atoms with Gasteiger partial charge in [0.05, 0.1) is 12.5 Å². The van der Waals surface area contributed by atoms with Crippen LogP contribution in [0.1, 0.15) is 20.8 Å². The van der Waals surface area contributed by atoms with Crippen LogP contribution in [-0.4, -0.2) is 16.8 Å². The van der Waals surface area contributed by atoms with Crippen molar-refractivity contribution in [1.82, 2.24) is 0 Å². The Morgan fingerprint density at radius 3 is 2.00 bits per heavy atom. The quantitative estimate of drug-likeness (QED) is 0.568. The van der Waals surface area contributed by atoms with Crippen LogP contribution in [0, 0.1) is 5.92 Å². The van der Waals surface area contributed by atoms with Crippen molar-refractivity contribution in [1.29, 1.82) is 0 Å². The predicted octanol–water partition coefficient (Wildman–Crippen LogP) is 0.869. The summed E-state index contributed by atoms with van der Waals surface area (Å²) in [7, 11) is 0. The Bertz CT molecular complexity index is 93.0. The Balaban J connectivity index is 0. The topological polar surface area (TPSA) is 43.4 Å². The van der Waals surface area contributed by atoms with Crippen molar-refractivity contribution in [3.8, 4) is 0 Å². The summed E-state index contributed by atoms with van der Waals surface area (Å²) in [6.07, 6.45) is 0. The highest BCUT2D eigenvalue weighted by Gasteiger charge is 2.04. The third-order valence-corrected chi connectivity index (χ3v) is 0.758. The molecular weight excluding hydrogens is 152 g/mol. The largest absolute Gasteiger partial charge is 0.466 e. The van der Waals surface area contributed by atoms with E-state index in [1.54, 1.807) is 6.92 Å². The number of hydrogen-bond acceptors (Lipinski definition) is 4. The molecule has 0 bridgehead atoms. The van der Waals surface area contributed by atoms with Gasteiger partial charge in [-0.25, -0.2) is 0 Å². The SMILES string of the molecule is CCOC(=O)C(C)C.O=S.